The summed E-state index contributed by atoms with van der Waals surface area (Å²) in [5.74, 6) is 0.621. The largest absolute Gasteiger partial charge is 0.381 e. The summed E-state index contributed by atoms with van der Waals surface area (Å²) in [5, 5.41) is 4.07. The first kappa shape index (κ1) is 11.8. The highest BCUT2D eigenvalue weighted by molar-refractivity contribution is 6.30. The van der Waals surface area contributed by atoms with Gasteiger partial charge in [-0.2, -0.15) is 0 Å². The van der Waals surface area contributed by atoms with E-state index in [0.717, 1.165) is 31.7 Å². The summed E-state index contributed by atoms with van der Waals surface area (Å²) < 4.78 is 5.38. The molecule has 0 aliphatic carbocycles. The fourth-order valence-electron chi connectivity index (χ4n) is 1.94. The number of halogens is 1. The average molecular weight is 241 g/mol. The molecule has 2 unspecified atom stereocenters. The molecule has 0 amide bonds. The maximum Gasteiger partial charge on any atom is 0.133 e. The van der Waals surface area contributed by atoms with Gasteiger partial charge < -0.3 is 10.1 Å². The molecule has 0 radical (unpaired) electrons. The summed E-state index contributed by atoms with van der Waals surface area (Å²) in [6.45, 7) is 4.73. The molecule has 0 bridgehead atoms. The van der Waals surface area contributed by atoms with Crippen LogP contribution in [-0.2, 0) is 11.3 Å². The predicted octanol–water partition coefficient (Wildman–Crippen LogP) is 2.25. The van der Waals surface area contributed by atoms with Crippen LogP contribution in [-0.4, -0.2) is 24.2 Å². The van der Waals surface area contributed by atoms with Crippen LogP contribution in [0.1, 0.15) is 18.9 Å². The van der Waals surface area contributed by atoms with Crippen molar-refractivity contribution in [3.63, 3.8) is 0 Å². The lowest BCUT2D eigenvalue weighted by molar-refractivity contribution is 0.178. The second-order valence-electron chi connectivity index (χ2n) is 4.25. The van der Waals surface area contributed by atoms with E-state index in [2.05, 4.69) is 17.2 Å². The van der Waals surface area contributed by atoms with E-state index in [1.54, 1.807) is 6.20 Å². The van der Waals surface area contributed by atoms with E-state index in [1.807, 2.05) is 12.1 Å². The Balaban J connectivity index is 1.84. The zero-order valence-corrected chi connectivity index (χ0v) is 10.2. The van der Waals surface area contributed by atoms with Crippen molar-refractivity contribution in [2.75, 3.05) is 13.2 Å². The van der Waals surface area contributed by atoms with Gasteiger partial charge in [-0.25, -0.2) is 4.98 Å². The smallest absolute Gasteiger partial charge is 0.133 e. The summed E-state index contributed by atoms with van der Waals surface area (Å²) in [4.78, 5) is 4.06. The quantitative estimate of drug-likeness (QED) is 0.820. The van der Waals surface area contributed by atoms with Crippen molar-refractivity contribution < 1.29 is 4.74 Å². The number of rotatable bonds is 4. The van der Waals surface area contributed by atoms with Crippen LogP contribution in [0.25, 0.3) is 0 Å². The lowest BCUT2D eigenvalue weighted by Gasteiger charge is -2.19. The standard InChI is InChI=1S/C12H17ClN2O/c1-9(11-4-6-16-8-11)15-7-10-3-2-5-14-12(10)13/h2-3,5,9,11,15H,4,6-8H2,1H3. The van der Waals surface area contributed by atoms with Crippen molar-refractivity contribution in [1.82, 2.24) is 10.3 Å². The van der Waals surface area contributed by atoms with Gasteiger partial charge in [-0.05, 0) is 25.3 Å². The first-order valence-corrected chi connectivity index (χ1v) is 6.05. The van der Waals surface area contributed by atoms with E-state index in [4.69, 9.17) is 16.3 Å². The maximum absolute atomic E-state index is 5.99. The van der Waals surface area contributed by atoms with Crippen molar-refractivity contribution in [3.8, 4) is 0 Å². The molecular formula is C12H17ClN2O. The Labute approximate surface area is 101 Å². The summed E-state index contributed by atoms with van der Waals surface area (Å²) in [5.41, 5.74) is 1.05. The Morgan fingerprint density at radius 2 is 2.56 bits per heavy atom. The Morgan fingerprint density at radius 1 is 1.69 bits per heavy atom. The molecule has 4 heteroatoms. The molecule has 16 heavy (non-hydrogen) atoms. The normalized spacial score (nSPS) is 22.2. The second-order valence-corrected chi connectivity index (χ2v) is 4.60. The van der Waals surface area contributed by atoms with Crippen molar-refractivity contribution in [2.24, 2.45) is 5.92 Å². The minimum atomic E-state index is 0.457. The Bertz CT molecular complexity index is 340. The van der Waals surface area contributed by atoms with Gasteiger partial charge in [0, 0.05) is 31.0 Å². The average Bonchev–Trinajstić information content (AvgIpc) is 2.81. The van der Waals surface area contributed by atoms with Crippen LogP contribution in [0.4, 0.5) is 0 Å². The topological polar surface area (TPSA) is 34.2 Å². The zero-order valence-electron chi connectivity index (χ0n) is 9.45. The highest BCUT2D eigenvalue weighted by Gasteiger charge is 2.21. The van der Waals surface area contributed by atoms with E-state index in [1.165, 1.54) is 0 Å². The van der Waals surface area contributed by atoms with Gasteiger partial charge in [0.15, 0.2) is 0 Å². The fraction of sp³-hybridized carbons (Fsp3) is 0.583. The lowest BCUT2D eigenvalue weighted by Crippen LogP contribution is -2.33. The van der Waals surface area contributed by atoms with Crippen LogP contribution in [0.2, 0.25) is 5.15 Å². The molecule has 3 nitrogen and oxygen atoms in total. The molecule has 2 atom stereocenters. The molecule has 1 fully saturated rings. The van der Waals surface area contributed by atoms with Crippen LogP contribution >= 0.6 is 11.6 Å². The number of aromatic nitrogens is 1. The molecule has 1 aliphatic heterocycles. The van der Waals surface area contributed by atoms with Crippen molar-refractivity contribution in [1.29, 1.82) is 0 Å². The molecule has 1 aromatic heterocycles. The summed E-state index contributed by atoms with van der Waals surface area (Å²) in [7, 11) is 0. The molecular weight excluding hydrogens is 224 g/mol. The van der Waals surface area contributed by atoms with Crippen molar-refractivity contribution >= 4 is 11.6 Å². The van der Waals surface area contributed by atoms with Gasteiger partial charge in [0.2, 0.25) is 0 Å². The van der Waals surface area contributed by atoms with Gasteiger partial charge in [0.25, 0.3) is 0 Å². The molecule has 1 aromatic rings. The maximum atomic E-state index is 5.99. The lowest BCUT2D eigenvalue weighted by atomic mass is 10.0. The number of hydrogen-bond acceptors (Lipinski definition) is 3. The molecule has 0 saturated carbocycles. The number of hydrogen-bond donors (Lipinski definition) is 1. The zero-order chi connectivity index (χ0) is 11.4. The highest BCUT2D eigenvalue weighted by atomic mass is 35.5. The molecule has 88 valence electrons. The fourth-order valence-corrected chi connectivity index (χ4v) is 2.12. The molecule has 2 heterocycles. The first-order valence-electron chi connectivity index (χ1n) is 5.68. The third-order valence-electron chi connectivity index (χ3n) is 3.12. The Kier molecular flexibility index (Phi) is 4.16. The summed E-state index contributed by atoms with van der Waals surface area (Å²) in [6.07, 6.45) is 2.86. The van der Waals surface area contributed by atoms with Crippen LogP contribution in [0, 0.1) is 5.92 Å². The number of nitrogens with zero attached hydrogens (tertiary/aromatic N) is 1. The molecule has 2 rings (SSSR count). The van der Waals surface area contributed by atoms with Crippen molar-refractivity contribution in [2.45, 2.75) is 25.9 Å². The Hall–Kier alpha value is -0.640. The third-order valence-corrected chi connectivity index (χ3v) is 3.46. The molecule has 1 aliphatic rings. The second kappa shape index (κ2) is 5.62. The van der Waals surface area contributed by atoms with E-state index in [0.29, 0.717) is 17.1 Å². The van der Waals surface area contributed by atoms with Crippen LogP contribution in [0.5, 0.6) is 0 Å². The number of nitrogens with one attached hydrogen (secondary N) is 1. The Morgan fingerprint density at radius 3 is 3.25 bits per heavy atom. The van der Waals surface area contributed by atoms with Gasteiger partial charge in [-0.15, -0.1) is 0 Å². The number of ether oxygens (including phenoxy) is 1. The summed E-state index contributed by atoms with van der Waals surface area (Å²) >= 11 is 5.99. The number of pyridine rings is 1. The van der Waals surface area contributed by atoms with Crippen LogP contribution in [0.3, 0.4) is 0 Å². The van der Waals surface area contributed by atoms with Crippen molar-refractivity contribution in [3.05, 3.63) is 29.0 Å². The highest BCUT2D eigenvalue weighted by Crippen LogP contribution is 2.17. The van der Waals surface area contributed by atoms with Crippen LogP contribution < -0.4 is 5.32 Å². The van der Waals surface area contributed by atoms with E-state index >= 15 is 0 Å². The first-order chi connectivity index (χ1) is 7.77. The van der Waals surface area contributed by atoms with E-state index in [9.17, 15) is 0 Å². The van der Waals surface area contributed by atoms with E-state index in [-0.39, 0.29) is 0 Å². The van der Waals surface area contributed by atoms with Crippen LogP contribution in [0.15, 0.2) is 18.3 Å². The van der Waals surface area contributed by atoms with Gasteiger partial charge in [0.1, 0.15) is 5.15 Å². The SMILES string of the molecule is CC(NCc1cccnc1Cl)C1CCOC1. The van der Waals surface area contributed by atoms with Gasteiger partial charge in [-0.1, -0.05) is 17.7 Å². The van der Waals surface area contributed by atoms with Gasteiger partial charge in [0.05, 0.1) is 6.61 Å². The van der Waals surface area contributed by atoms with Gasteiger partial charge >= 0.3 is 0 Å². The minimum Gasteiger partial charge on any atom is -0.381 e. The third kappa shape index (κ3) is 2.94. The molecule has 1 N–H and O–H groups in total. The monoisotopic (exact) mass is 240 g/mol. The van der Waals surface area contributed by atoms with E-state index < -0.39 is 0 Å². The van der Waals surface area contributed by atoms with Gasteiger partial charge in [-0.3, -0.25) is 0 Å². The molecule has 0 aromatic carbocycles. The summed E-state index contributed by atoms with van der Waals surface area (Å²) in [6, 6.07) is 4.37. The molecule has 1 saturated heterocycles. The predicted molar refractivity (Wildman–Crippen MR) is 64.5 cm³/mol. The molecule has 0 spiro atoms. The minimum absolute atomic E-state index is 0.457.